The van der Waals surface area contributed by atoms with Gasteiger partial charge in [0, 0.05) is 13.1 Å². The largest absolute Gasteiger partial charge is 0.480 e. The standard InChI is InChI=1S/C19H27NO4/c1-5-16(24-17-7-6-13(2)12-14(17)3)18(21)20-10-8-15(9-11-20)19(22)23-4/h6-7,12,15-16H,5,8-11H2,1-4H3/t16-/m0/s1. The first-order chi connectivity index (χ1) is 11.5. The van der Waals surface area contributed by atoms with Crippen LogP contribution in [0.25, 0.3) is 0 Å². The molecule has 0 aliphatic carbocycles. The van der Waals surface area contributed by atoms with E-state index in [0.29, 0.717) is 32.4 Å². The van der Waals surface area contributed by atoms with Gasteiger partial charge in [0.05, 0.1) is 13.0 Å². The Bertz CT molecular complexity index is 591. The van der Waals surface area contributed by atoms with Gasteiger partial charge < -0.3 is 14.4 Å². The van der Waals surface area contributed by atoms with Gasteiger partial charge in [0.15, 0.2) is 6.10 Å². The zero-order chi connectivity index (χ0) is 17.7. The maximum Gasteiger partial charge on any atom is 0.308 e. The van der Waals surface area contributed by atoms with Gasteiger partial charge in [-0.05, 0) is 44.7 Å². The number of methoxy groups -OCH3 is 1. The van der Waals surface area contributed by atoms with Gasteiger partial charge in [-0.3, -0.25) is 9.59 Å². The number of carbonyl (C=O) groups is 2. The molecular formula is C19H27NO4. The number of hydrogen-bond donors (Lipinski definition) is 0. The van der Waals surface area contributed by atoms with E-state index in [1.54, 1.807) is 4.90 Å². The molecule has 0 spiro atoms. The maximum absolute atomic E-state index is 12.7. The predicted octanol–water partition coefficient (Wildman–Crippen LogP) is 2.87. The number of piperidine rings is 1. The molecule has 2 rings (SSSR count). The first-order valence-corrected chi connectivity index (χ1v) is 8.56. The highest BCUT2D eigenvalue weighted by Gasteiger charge is 2.31. The summed E-state index contributed by atoms with van der Waals surface area (Å²) in [5, 5.41) is 0. The summed E-state index contributed by atoms with van der Waals surface area (Å²) in [5.74, 6) is 0.478. The fourth-order valence-electron chi connectivity index (χ4n) is 3.10. The van der Waals surface area contributed by atoms with E-state index in [-0.39, 0.29) is 17.8 Å². The van der Waals surface area contributed by atoms with E-state index in [4.69, 9.17) is 9.47 Å². The molecule has 1 aromatic carbocycles. The predicted molar refractivity (Wildman–Crippen MR) is 91.9 cm³/mol. The van der Waals surface area contributed by atoms with Crippen LogP contribution < -0.4 is 4.74 Å². The summed E-state index contributed by atoms with van der Waals surface area (Å²) in [6.07, 6.45) is 1.43. The monoisotopic (exact) mass is 333 g/mol. The zero-order valence-electron chi connectivity index (χ0n) is 15.0. The summed E-state index contributed by atoms with van der Waals surface area (Å²) in [6, 6.07) is 5.96. The van der Waals surface area contributed by atoms with Crippen LogP contribution in [-0.2, 0) is 14.3 Å². The lowest BCUT2D eigenvalue weighted by Gasteiger charge is -2.33. The molecule has 132 valence electrons. The molecule has 0 bridgehead atoms. The normalized spacial score (nSPS) is 16.6. The van der Waals surface area contributed by atoms with Gasteiger partial charge in [0.1, 0.15) is 5.75 Å². The van der Waals surface area contributed by atoms with Gasteiger partial charge >= 0.3 is 5.97 Å². The van der Waals surface area contributed by atoms with Crippen LogP contribution in [0.5, 0.6) is 5.75 Å². The van der Waals surface area contributed by atoms with Crippen LogP contribution in [0.15, 0.2) is 18.2 Å². The lowest BCUT2D eigenvalue weighted by Crippen LogP contribution is -2.46. The van der Waals surface area contributed by atoms with Gasteiger partial charge in [-0.1, -0.05) is 24.6 Å². The fourth-order valence-corrected chi connectivity index (χ4v) is 3.10. The number of nitrogens with zero attached hydrogens (tertiary/aromatic N) is 1. The van der Waals surface area contributed by atoms with Gasteiger partial charge in [-0.15, -0.1) is 0 Å². The van der Waals surface area contributed by atoms with Crippen molar-refractivity contribution in [2.75, 3.05) is 20.2 Å². The molecule has 0 unspecified atom stereocenters. The van der Waals surface area contributed by atoms with Crippen molar-refractivity contribution in [1.82, 2.24) is 4.90 Å². The fraction of sp³-hybridized carbons (Fsp3) is 0.579. The number of esters is 1. The Hall–Kier alpha value is -2.04. The van der Waals surface area contributed by atoms with Crippen molar-refractivity contribution >= 4 is 11.9 Å². The average molecular weight is 333 g/mol. The molecule has 1 aliphatic heterocycles. The van der Waals surface area contributed by atoms with Crippen molar-refractivity contribution < 1.29 is 19.1 Å². The highest BCUT2D eigenvalue weighted by atomic mass is 16.5. The lowest BCUT2D eigenvalue weighted by molar-refractivity contribution is -0.150. The third kappa shape index (κ3) is 4.28. The molecule has 1 fully saturated rings. The summed E-state index contributed by atoms with van der Waals surface area (Å²) in [6.45, 7) is 7.12. The first-order valence-electron chi connectivity index (χ1n) is 8.56. The van der Waals surface area contributed by atoms with Crippen molar-refractivity contribution in [2.24, 2.45) is 5.92 Å². The van der Waals surface area contributed by atoms with E-state index in [0.717, 1.165) is 11.3 Å². The Balaban J connectivity index is 1.98. The van der Waals surface area contributed by atoms with E-state index >= 15 is 0 Å². The second-order valence-corrected chi connectivity index (χ2v) is 6.41. The average Bonchev–Trinajstić information content (AvgIpc) is 2.60. The van der Waals surface area contributed by atoms with Gasteiger partial charge in [0.2, 0.25) is 0 Å². The third-order valence-corrected chi connectivity index (χ3v) is 4.59. The molecular weight excluding hydrogens is 306 g/mol. The first kappa shape index (κ1) is 18.3. The molecule has 1 amide bonds. The number of aryl methyl sites for hydroxylation is 2. The molecule has 0 N–H and O–H groups in total. The van der Waals surface area contributed by atoms with Crippen molar-refractivity contribution in [3.05, 3.63) is 29.3 Å². The number of amides is 1. The quantitative estimate of drug-likeness (QED) is 0.778. The van der Waals surface area contributed by atoms with Gasteiger partial charge in [-0.2, -0.15) is 0 Å². The van der Waals surface area contributed by atoms with E-state index < -0.39 is 6.10 Å². The number of ether oxygens (including phenoxy) is 2. The Kier molecular flexibility index (Phi) is 6.23. The van der Waals surface area contributed by atoms with Gasteiger partial charge in [-0.25, -0.2) is 0 Å². The summed E-state index contributed by atoms with van der Waals surface area (Å²) < 4.78 is 10.8. The van der Waals surface area contributed by atoms with Crippen molar-refractivity contribution in [2.45, 2.75) is 46.1 Å². The SMILES string of the molecule is CC[C@H](Oc1ccc(C)cc1C)C(=O)N1CCC(C(=O)OC)CC1. The van der Waals surface area contributed by atoms with Crippen molar-refractivity contribution in [3.63, 3.8) is 0 Å². The molecule has 0 aromatic heterocycles. The van der Waals surface area contributed by atoms with Crippen LogP contribution in [0.1, 0.15) is 37.3 Å². The van der Waals surface area contributed by atoms with Crippen LogP contribution in [0.4, 0.5) is 0 Å². The molecule has 5 heteroatoms. The number of carbonyl (C=O) groups excluding carboxylic acids is 2. The lowest BCUT2D eigenvalue weighted by atomic mass is 9.96. The molecule has 24 heavy (non-hydrogen) atoms. The molecule has 1 heterocycles. The van der Waals surface area contributed by atoms with Crippen LogP contribution in [0.2, 0.25) is 0 Å². The molecule has 5 nitrogen and oxygen atoms in total. The van der Waals surface area contributed by atoms with E-state index in [9.17, 15) is 9.59 Å². The van der Waals surface area contributed by atoms with Crippen LogP contribution in [-0.4, -0.2) is 43.1 Å². The minimum atomic E-state index is -0.485. The second kappa shape index (κ2) is 8.18. The summed E-state index contributed by atoms with van der Waals surface area (Å²) >= 11 is 0. The van der Waals surface area contributed by atoms with Crippen LogP contribution in [0.3, 0.4) is 0 Å². The zero-order valence-corrected chi connectivity index (χ0v) is 15.0. The smallest absolute Gasteiger partial charge is 0.308 e. The maximum atomic E-state index is 12.7. The second-order valence-electron chi connectivity index (χ2n) is 6.41. The van der Waals surface area contributed by atoms with Crippen LogP contribution in [0, 0.1) is 19.8 Å². The Morgan fingerprint density at radius 3 is 2.46 bits per heavy atom. The Labute approximate surface area is 143 Å². The number of likely N-dealkylation sites (tertiary alicyclic amines) is 1. The summed E-state index contributed by atoms with van der Waals surface area (Å²) in [4.78, 5) is 26.1. The number of benzene rings is 1. The highest BCUT2D eigenvalue weighted by molar-refractivity contribution is 5.82. The van der Waals surface area contributed by atoms with E-state index in [1.165, 1.54) is 12.7 Å². The van der Waals surface area contributed by atoms with Crippen LogP contribution >= 0.6 is 0 Å². The molecule has 0 saturated carbocycles. The number of hydrogen-bond acceptors (Lipinski definition) is 4. The van der Waals surface area contributed by atoms with Gasteiger partial charge in [0.25, 0.3) is 5.91 Å². The van der Waals surface area contributed by atoms with Crippen molar-refractivity contribution in [1.29, 1.82) is 0 Å². The topological polar surface area (TPSA) is 55.8 Å². The van der Waals surface area contributed by atoms with E-state index in [1.807, 2.05) is 39.0 Å². The van der Waals surface area contributed by atoms with E-state index in [2.05, 4.69) is 0 Å². The molecule has 1 aliphatic rings. The Morgan fingerprint density at radius 1 is 1.25 bits per heavy atom. The summed E-state index contributed by atoms with van der Waals surface area (Å²) in [7, 11) is 1.41. The number of rotatable bonds is 5. The van der Waals surface area contributed by atoms with Crippen molar-refractivity contribution in [3.8, 4) is 5.75 Å². The highest BCUT2D eigenvalue weighted by Crippen LogP contribution is 2.23. The minimum Gasteiger partial charge on any atom is -0.480 e. The minimum absolute atomic E-state index is 0.000732. The molecule has 1 aromatic rings. The summed E-state index contributed by atoms with van der Waals surface area (Å²) in [5.41, 5.74) is 2.20. The molecule has 1 atom stereocenters. The Morgan fingerprint density at radius 2 is 1.92 bits per heavy atom. The molecule has 0 radical (unpaired) electrons. The third-order valence-electron chi connectivity index (χ3n) is 4.59. The molecule has 1 saturated heterocycles.